The second-order valence-electron chi connectivity index (χ2n) is 6.79. The van der Waals surface area contributed by atoms with Crippen LogP contribution in [0.3, 0.4) is 0 Å². The summed E-state index contributed by atoms with van der Waals surface area (Å²) >= 11 is 0. The predicted molar refractivity (Wildman–Crippen MR) is 97.4 cm³/mol. The van der Waals surface area contributed by atoms with E-state index in [0.717, 1.165) is 36.9 Å². The Hall–Kier alpha value is -2.96. The summed E-state index contributed by atoms with van der Waals surface area (Å²) in [6.07, 6.45) is 13.0. The summed E-state index contributed by atoms with van der Waals surface area (Å²) in [5, 5.41) is 7.68. The van der Waals surface area contributed by atoms with Gasteiger partial charge in [0.05, 0.1) is 17.9 Å². The minimum absolute atomic E-state index is 0.00564. The molecule has 1 aliphatic rings. The molecule has 4 rings (SSSR count). The summed E-state index contributed by atoms with van der Waals surface area (Å²) in [6, 6.07) is 6.22. The zero-order valence-electron chi connectivity index (χ0n) is 14.7. The molecule has 0 spiro atoms. The summed E-state index contributed by atoms with van der Waals surface area (Å²) < 4.78 is 3.88. The van der Waals surface area contributed by atoms with Gasteiger partial charge in [-0.05, 0) is 43.9 Å². The van der Waals surface area contributed by atoms with Gasteiger partial charge in [0.25, 0.3) is 5.91 Å². The Bertz CT molecular complexity index is 876. The Morgan fingerprint density at radius 2 is 2.08 bits per heavy atom. The monoisotopic (exact) mass is 350 g/mol. The molecule has 0 bridgehead atoms. The van der Waals surface area contributed by atoms with E-state index in [1.807, 2.05) is 46.9 Å². The van der Waals surface area contributed by atoms with Crippen molar-refractivity contribution >= 4 is 5.91 Å². The molecule has 1 aliphatic carbocycles. The van der Waals surface area contributed by atoms with Gasteiger partial charge in [0.2, 0.25) is 0 Å². The largest absolute Gasteiger partial charge is 0.348 e. The number of nitrogens with one attached hydrogen (secondary N) is 1. The van der Waals surface area contributed by atoms with Crippen LogP contribution >= 0.6 is 0 Å². The Balaban J connectivity index is 1.35. The van der Waals surface area contributed by atoms with Gasteiger partial charge in [-0.2, -0.15) is 5.10 Å². The van der Waals surface area contributed by atoms with Crippen LogP contribution in [0.5, 0.6) is 0 Å². The minimum Gasteiger partial charge on any atom is -0.348 e. The van der Waals surface area contributed by atoms with Crippen LogP contribution in [0.1, 0.15) is 42.2 Å². The van der Waals surface area contributed by atoms with E-state index in [1.54, 1.807) is 12.5 Å². The number of nitrogens with zero attached hydrogens (tertiary/aromatic N) is 5. The fourth-order valence-corrected chi connectivity index (χ4v) is 3.57. The molecule has 0 atom stereocenters. The Labute approximate surface area is 152 Å². The van der Waals surface area contributed by atoms with E-state index >= 15 is 0 Å². The van der Waals surface area contributed by atoms with E-state index in [9.17, 15) is 4.79 Å². The maximum Gasteiger partial charge on any atom is 0.268 e. The van der Waals surface area contributed by atoms with Gasteiger partial charge in [0.15, 0.2) is 0 Å². The molecule has 0 radical (unpaired) electrons. The topological polar surface area (TPSA) is 77.6 Å². The fourth-order valence-electron chi connectivity index (χ4n) is 3.57. The lowest BCUT2D eigenvalue weighted by Gasteiger charge is -2.29. The van der Waals surface area contributed by atoms with E-state index in [0.29, 0.717) is 11.7 Å². The zero-order valence-corrected chi connectivity index (χ0v) is 14.7. The van der Waals surface area contributed by atoms with Crippen LogP contribution < -0.4 is 5.32 Å². The van der Waals surface area contributed by atoms with E-state index in [1.165, 1.54) is 0 Å². The average molecular weight is 350 g/mol. The van der Waals surface area contributed by atoms with Gasteiger partial charge in [-0.25, -0.2) is 9.97 Å². The van der Waals surface area contributed by atoms with Crippen molar-refractivity contribution in [2.75, 3.05) is 0 Å². The molecule has 1 amide bonds. The number of aryl methyl sites for hydroxylation is 1. The number of amides is 1. The fraction of sp³-hybridized carbons (Fsp3) is 0.368. The molecular weight excluding hydrogens is 328 g/mol. The number of rotatable bonds is 4. The van der Waals surface area contributed by atoms with Crippen LogP contribution in [0.4, 0.5) is 0 Å². The normalized spacial score (nSPS) is 20.0. The van der Waals surface area contributed by atoms with Crippen molar-refractivity contribution in [1.82, 2.24) is 29.6 Å². The first kappa shape index (κ1) is 16.5. The van der Waals surface area contributed by atoms with Gasteiger partial charge < -0.3 is 9.88 Å². The predicted octanol–water partition coefficient (Wildman–Crippen LogP) is 2.59. The van der Waals surface area contributed by atoms with Gasteiger partial charge in [-0.1, -0.05) is 0 Å². The van der Waals surface area contributed by atoms with Crippen molar-refractivity contribution in [1.29, 1.82) is 0 Å². The van der Waals surface area contributed by atoms with E-state index < -0.39 is 0 Å². The zero-order chi connectivity index (χ0) is 17.9. The Morgan fingerprint density at radius 3 is 2.77 bits per heavy atom. The van der Waals surface area contributed by atoms with Crippen LogP contribution in [0.25, 0.3) is 11.3 Å². The highest BCUT2D eigenvalue weighted by Crippen LogP contribution is 2.29. The summed E-state index contributed by atoms with van der Waals surface area (Å²) in [7, 11) is 1.89. The lowest BCUT2D eigenvalue weighted by atomic mass is 9.91. The van der Waals surface area contributed by atoms with Crippen LogP contribution in [-0.2, 0) is 7.05 Å². The Kier molecular flexibility index (Phi) is 4.51. The molecule has 7 nitrogen and oxygen atoms in total. The summed E-state index contributed by atoms with van der Waals surface area (Å²) in [5.74, 6) is 0.00564. The molecule has 1 N–H and O–H groups in total. The molecule has 0 aliphatic heterocycles. The van der Waals surface area contributed by atoms with Crippen LogP contribution in [0, 0.1) is 0 Å². The molecular formula is C19H22N6O. The quantitative estimate of drug-likeness (QED) is 0.784. The third-order valence-corrected chi connectivity index (χ3v) is 5.06. The minimum atomic E-state index is 0.00564. The van der Waals surface area contributed by atoms with Gasteiger partial charge in [-0.3, -0.25) is 9.48 Å². The molecule has 3 aromatic rings. The second-order valence-corrected chi connectivity index (χ2v) is 6.79. The smallest absolute Gasteiger partial charge is 0.268 e. The summed E-state index contributed by atoms with van der Waals surface area (Å²) in [4.78, 5) is 20.6. The SMILES string of the molecule is Cn1cccc1C(=O)NC1CCC(n2cc(-c3ccncn3)cn2)CC1. The first-order valence-electron chi connectivity index (χ1n) is 8.93. The lowest BCUT2D eigenvalue weighted by molar-refractivity contribution is 0.0913. The first-order chi connectivity index (χ1) is 12.7. The molecule has 0 unspecified atom stereocenters. The first-order valence-corrected chi connectivity index (χ1v) is 8.93. The molecule has 0 aromatic carbocycles. The third kappa shape index (κ3) is 3.37. The standard InChI is InChI=1S/C19H22N6O/c1-24-10-2-3-18(24)19(26)23-15-4-6-16(7-5-15)25-12-14(11-22-25)17-8-9-20-13-21-17/h2-3,8-13,15-16H,4-7H2,1H3,(H,23,26). The maximum absolute atomic E-state index is 12.3. The van der Waals surface area contributed by atoms with Gasteiger partial charge in [0.1, 0.15) is 12.0 Å². The van der Waals surface area contributed by atoms with Crippen molar-refractivity contribution < 1.29 is 4.79 Å². The van der Waals surface area contributed by atoms with Crippen LogP contribution in [-0.4, -0.2) is 36.3 Å². The van der Waals surface area contributed by atoms with Crippen LogP contribution in [0.2, 0.25) is 0 Å². The Morgan fingerprint density at radius 1 is 1.23 bits per heavy atom. The molecule has 3 heterocycles. The molecule has 1 saturated carbocycles. The molecule has 0 saturated heterocycles. The van der Waals surface area contributed by atoms with Crippen molar-refractivity contribution in [2.45, 2.75) is 37.8 Å². The summed E-state index contributed by atoms with van der Waals surface area (Å²) in [5.41, 5.74) is 2.59. The van der Waals surface area contributed by atoms with E-state index in [2.05, 4.69) is 26.6 Å². The third-order valence-electron chi connectivity index (χ3n) is 5.06. The van der Waals surface area contributed by atoms with E-state index in [4.69, 9.17) is 0 Å². The number of hydrogen-bond donors (Lipinski definition) is 1. The van der Waals surface area contributed by atoms with Gasteiger partial charge in [0, 0.05) is 37.2 Å². The molecule has 3 aromatic heterocycles. The highest BCUT2D eigenvalue weighted by Gasteiger charge is 2.25. The average Bonchev–Trinajstić information content (AvgIpc) is 3.32. The molecule has 134 valence electrons. The number of carbonyl (C=O) groups is 1. The number of hydrogen-bond acceptors (Lipinski definition) is 4. The highest BCUT2D eigenvalue weighted by molar-refractivity contribution is 5.92. The molecule has 7 heteroatoms. The maximum atomic E-state index is 12.3. The summed E-state index contributed by atoms with van der Waals surface area (Å²) in [6.45, 7) is 0. The van der Waals surface area contributed by atoms with Crippen LogP contribution in [0.15, 0.2) is 49.3 Å². The van der Waals surface area contributed by atoms with Crippen molar-refractivity contribution in [3.05, 3.63) is 55.0 Å². The van der Waals surface area contributed by atoms with Gasteiger partial charge in [-0.15, -0.1) is 0 Å². The lowest BCUT2D eigenvalue weighted by Crippen LogP contribution is -2.38. The molecule has 1 fully saturated rings. The van der Waals surface area contributed by atoms with Crippen molar-refractivity contribution in [3.8, 4) is 11.3 Å². The number of carbonyl (C=O) groups excluding carboxylic acids is 1. The number of aromatic nitrogens is 5. The van der Waals surface area contributed by atoms with E-state index in [-0.39, 0.29) is 11.9 Å². The second kappa shape index (κ2) is 7.11. The van der Waals surface area contributed by atoms with Gasteiger partial charge >= 0.3 is 0 Å². The van der Waals surface area contributed by atoms with Crippen molar-refractivity contribution in [3.63, 3.8) is 0 Å². The molecule has 26 heavy (non-hydrogen) atoms. The van der Waals surface area contributed by atoms with Crippen molar-refractivity contribution in [2.24, 2.45) is 7.05 Å². The highest BCUT2D eigenvalue weighted by atomic mass is 16.2.